The second-order valence-corrected chi connectivity index (χ2v) is 7.00. The Balaban J connectivity index is 2.02. The van der Waals surface area contributed by atoms with Crippen LogP contribution in [0.15, 0.2) is 46.9 Å². The van der Waals surface area contributed by atoms with E-state index < -0.39 is 0 Å². The van der Waals surface area contributed by atoms with Crippen molar-refractivity contribution in [2.24, 2.45) is 5.92 Å². The monoisotopic (exact) mass is 405 g/mol. The van der Waals surface area contributed by atoms with E-state index >= 15 is 0 Å². The van der Waals surface area contributed by atoms with Crippen LogP contribution in [0, 0.1) is 5.92 Å². The lowest BCUT2D eigenvalue weighted by molar-refractivity contribution is 0.102. The molecule has 0 atom stereocenters. The standard InChI is InChI=1S/C20H24BrNO3/c1-4-24-19-10-5-15(21)13-18(19)20(23)22-16-6-8-17(9-7-16)25-12-11-14(2)3/h5-10,13-14H,4,11-12H2,1-3H3,(H,22,23). The van der Waals surface area contributed by atoms with Gasteiger partial charge < -0.3 is 14.8 Å². The van der Waals surface area contributed by atoms with Crippen molar-refractivity contribution in [3.63, 3.8) is 0 Å². The van der Waals surface area contributed by atoms with Crippen LogP contribution >= 0.6 is 15.9 Å². The van der Waals surface area contributed by atoms with Gasteiger partial charge in [-0.15, -0.1) is 0 Å². The van der Waals surface area contributed by atoms with E-state index in [1.165, 1.54) is 0 Å². The summed E-state index contributed by atoms with van der Waals surface area (Å²) in [6.07, 6.45) is 1.02. The summed E-state index contributed by atoms with van der Waals surface area (Å²) in [6.45, 7) is 7.42. The number of ether oxygens (including phenoxy) is 2. The quantitative estimate of drug-likeness (QED) is 0.628. The van der Waals surface area contributed by atoms with Crippen LogP contribution in [0.5, 0.6) is 11.5 Å². The molecular formula is C20H24BrNO3. The van der Waals surface area contributed by atoms with E-state index in [-0.39, 0.29) is 5.91 Å². The van der Waals surface area contributed by atoms with Gasteiger partial charge in [-0.25, -0.2) is 0 Å². The van der Waals surface area contributed by atoms with Crippen LogP contribution in [0.1, 0.15) is 37.6 Å². The summed E-state index contributed by atoms with van der Waals surface area (Å²) in [6, 6.07) is 12.8. The zero-order valence-corrected chi connectivity index (χ0v) is 16.4. The molecule has 0 aliphatic rings. The molecule has 0 aromatic heterocycles. The third-order valence-electron chi connectivity index (χ3n) is 3.56. The highest BCUT2D eigenvalue weighted by atomic mass is 79.9. The van der Waals surface area contributed by atoms with E-state index in [0.29, 0.717) is 36.1 Å². The first-order valence-corrected chi connectivity index (χ1v) is 9.25. The third kappa shape index (κ3) is 6.09. The first-order chi connectivity index (χ1) is 12.0. The predicted octanol–water partition coefficient (Wildman–Crippen LogP) is 5.53. The Morgan fingerprint density at radius 2 is 1.84 bits per heavy atom. The average Bonchev–Trinajstić information content (AvgIpc) is 2.58. The van der Waals surface area contributed by atoms with Crippen molar-refractivity contribution in [3.8, 4) is 11.5 Å². The van der Waals surface area contributed by atoms with Crippen molar-refractivity contribution in [1.82, 2.24) is 0 Å². The molecule has 5 heteroatoms. The summed E-state index contributed by atoms with van der Waals surface area (Å²) in [4.78, 5) is 12.6. The van der Waals surface area contributed by atoms with Crippen LogP contribution < -0.4 is 14.8 Å². The maximum Gasteiger partial charge on any atom is 0.259 e. The van der Waals surface area contributed by atoms with Gasteiger partial charge >= 0.3 is 0 Å². The van der Waals surface area contributed by atoms with Crippen LogP contribution in [-0.4, -0.2) is 19.1 Å². The number of hydrogen-bond acceptors (Lipinski definition) is 3. The first-order valence-electron chi connectivity index (χ1n) is 8.46. The minimum absolute atomic E-state index is 0.210. The average molecular weight is 406 g/mol. The summed E-state index contributed by atoms with van der Waals surface area (Å²) in [5.74, 6) is 1.77. The second-order valence-electron chi connectivity index (χ2n) is 6.08. The molecule has 2 aromatic rings. The number of carbonyl (C=O) groups excluding carboxylic acids is 1. The number of halogens is 1. The number of anilines is 1. The van der Waals surface area contributed by atoms with Crippen LogP contribution in [0.2, 0.25) is 0 Å². The maximum absolute atomic E-state index is 12.6. The smallest absolute Gasteiger partial charge is 0.259 e. The molecular weight excluding hydrogens is 382 g/mol. The molecule has 0 radical (unpaired) electrons. The van der Waals surface area contributed by atoms with Gasteiger partial charge in [0.15, 0.2) is 0 Å². The molecule has 0 aliphatic heterocycles. The Bertz CT molecular complexity index is 699. The molecule has 0 saturated heterocycles. The molecule has 1 N–H and O–H groups in total. The van der Waals surface area contributed by atoms with Gasteiger partial charge in [0.1, 0.15) is 11.5 Å². The number of rotatable bonds is 8. The summed E-state index contributed by atoms with van der Waals surface area (Å²) in [5.41, 5.74) is 1.21. The van der Waals surface area contributed by atoms with Gasteiger partial charge in [0.05, 0.1) is 18.8 Å². The fourth-order valence-electron chi connectivity index (χ4n) is 2.21. The minimum atomic E-state index is -0.210. The van der Waals surface area contributed by atoms with Crippen LogP contribution in [0.25, 0.3) is 0 Å². The highest BCUT2D eigenvalue weighted by Crippen LogP contribution is 2.25. The van der Waals surface area contributed by atoms with E-state index in [4.69, 9.17) is 9.47 Å². The Hall–Kier alpha value is -2.01. The topological polar surface area (TPSA) is 47.6 Å². The third-order valence-corrected chi connectivity index (χ3v) is 4.06. The Kier molecular flexibility index (Phi) is 7.31. The number of amides is 1. The molecule has 0 spiro atoms. The van der Waals surface area contributed by atoms with Crippen LogP contribution in [0.3, 0.4) is 0 Å². The summed E-state index contributed by atoms with van der Waals surface area (Å²) in [5, 5.41) is 2.89. The normalized spacial score (nSPS) is 10.6. The minimum Gasteiger partial charge on any atom is -0.494 e. The number of nitrogens with one attached hydrogen (secondary N) is 1. The molecule has 0 saturated carbocycles. The van der Waals surface area contributed by atoms with Gasteiger partial charge in [-0.3, -0.25) is 4.79 Å². The molecule has 0 heterocycles. The lowest BCUT2D eigenvalue weighted by Gasteiger charge is -2.12. The SMILES string of the molecule is CCOc1ccc(Br)cc1C(=O)Nc1ccc(OCCC(C)C)cc1. The lowest BCUT2D eigenvalue weighted by Crippen LogP contribution is -2.13. The van der Waals surface area contributed by atoms with Crippen LogP contribution in [0.4, 0.5) is 5.69 Å². The molecule has 1 amide bonds. The van der Waals surface area contributed by atoms with Gasteiger partial charge in [0.2, 0.25) is 0 Å². The number of benzene rings is 2. The van der Waals surface area contributed by atoms with E-state index in [1.807, 2.05) is 37.3 Å². The Morgan fingerprint density at radius 1 is 1.12 bits per heavy atom. The molecule has 0 bridgehead atoms. The van der Waals surface area contributed by atoms with E-state index in [0.717, 1.165) is 16.6 Å². The molecule has 0 unspecified atom stereocenters. The van der Waals surface area contributed by atoms with Gasteiger partial charge in [-0.2, -0.15) is 0 Å². The summed E-state index contributed by atoms with van der Waals surface area (Å²) < 4.78 is 12.0. The van der Waals surface area contributed by atoms with Crippen molar-refractivity contribution in [2.45, 2.75) is 27.2 Å². The highest BCUT2D eigenvalue weighted by molar-refractivity contribution is 9.10. The number of hydrogen-bond donors (Lipinski definition) is 1. The van der Waals surface area contributed by atoms with E-state index in [2.05, 4.69) is 35.1 Å². The second kappa shape index (κ2) is 9.47. The van der Waals surface area contributed by atoms with Gasteiger partial charge in [0, 0.05) is 10.2 Å². The zero-order chi connectivity index (χ0) is 18.2. The molecule has 0 aliphatic carbocycles. The predicted molar refractivity (Wildman–Crippen MR) is 105 cm³/mol. The van der Waals surface area contributed by atoms with Crippen molar-refractivity contribution in [1.29, 1.82) is 0 Å². The fourth-order valence-corrected chi connectivity index (χ4v) is 2.57. The Morgan fingerprint density at radius 3 is 2.48 bits per heavy atom. The fraction of sp³-hybridized carbons (Fsp3) is 0.350. The Labute approximate surface area is 157 Å². The van der Waals surface area contributed by atoms with E-state index in [9.17, 15) is 4.79 Å². The number of carbonyl (C=O) groups is 1. The maximum atomic E-state index is 12.6. The van der Waals surface area contributed by atoms with Crippen molar-refractivity contribution in [3.05, 3.63) is 52.5 Å². The van der Waals surface area contributed by atoms with Crippen molar-refractivity contribution in [2.75, 3.05) is 18.5 Å². The first kappa shape index (κ1) is 19.3. The summed E-state index contributed by atoms with van der Waals surface area (Å²) >= 11 is 3.39. The van der Waals surface area contributed by atoms with Gasteiger partial charge in [0.25, 0.3) is 5.91 Å². The zero-order valence-electron chi connectivity index (χ0n) is 14.8. The largest absolute Gasteiger partial charge is 0.494 e. The lowest BCUT2D eigenvalue weighted by atomic mass is 10.1. The van der Waals surface area contributed by atoms with E-state index in [1.54, 1.807) is 12.1 Å². The molecule has 25 heavy (non-hydrogen) atoms. The van der Waals surface area contributed by atoms with Crippen LogP contribution in [-0.2, 0) is 0 Å². The molecule has 134 valence electrons. The molecule has 2 rings (SSSR count). The van der Waals surface area contributed by atoms with Gasteiger partial charge in [-0.1, -0.05) is 29.8 Å². The van der Waals surface area contributed by atoms with Crippen molar-refractivity contribution >= 4 is 27.5 Å². The molecule has 2 aromatic carbocycles. The summed E-state index contributed by atoms with van der Waals surface area (Å²) in [7, 11) is 0. The highest BCUT2D eigenvalue weighted by Gasteiger charge is 2.13. The molecule has 4 nitrogen and oxygen atoms in total. The molecule has 0 fully saturated rings. The van der Waals surface area contributed by atoms with Gasteiger partial charge in [-0.05, 0) is 61.7 Å². The van der Waals surface area contributed by atoms with Crippen molar-refractivity contribution < 1.29 is 14.3 Å².